The topological polar surface area (TPSA) is 109 Å². The first-order valence-electron chi connectivity index (χ1n) is 6.84. The molecular weight excluding hydrogens is 276 g/mol. The zero-order valence-electron chi connectivity index (χ0n) is 11.9. The van der Waals surface area contributed by atoms with Crippen LogP contribution in [0.2, 0.25) is 0 Å². The number of carbonyl (C=O) groups is 3. The van der Waals surface area contributed by atoms with Crippen LogP contribution < -0.4 is 10.6 Å². The fraction of sp³-hybridized carbons (Fsp3) is 0.500. The van der Waals surface area contributed by atoms with Gasteiger partial charge < -0.3 is 20.2 Å². The number of aliphatic carboxylic acids is 1. The van der Waals surface area contributed by atoms with E-state index in [-0.39, 0.29) is 18.1 Å². The molecule has 0 aliphatic rings. The van der Waals surface area contributed by atoms with Gasteiger partial charge in [0.25, 0.3) is 5.91 Å². The summed E-state index contributed by atoms with van der Waals surface area (Å²) in [6, 6.07) is 2.45. The Balaban J connectivity index is 2.16. The number of hydrogen-bond acceptors (Lipinski definition) is 4. The van der Waals surface area contributed by atoms with E-state index < -0.39 is 17.9 Å². The van der Waals surface area contributed by atoms with Gasteiger partial charge in [-0.15, -0.1) is 0 Å². The summed E-state index contributed by atoms with van der Waals surface area (Å²) < 4.78 is 4.93. The van der Waals surface area contributed by atoms with E-state index >= 15 is 0 Å². The van der Waals surface area contributed by atoms with Crippen molar-refractivity contribution in [3.63, 3.8) is 0 Å². The highest BCUT2D eigenvalue weighted by Crippen LogP contribution is 2.01. The lowest BCUT2D eigenvalue weighted by atomic mass is 10.2. The third kappa shape index (κ3) is 6.60. The van der Waals surface area contributed by atoms with Gasteiger partial charge in [-0.2, -0.15) is 0 Å². The van der Waals surface area contributed by atoms with E-state index in [1.54, 1.807) is 13.0 Å². The Kier molecular flexibility index (Phi) is 7.00. The normalized spacial score (nSPS) is 11.7. The van der Waals surface area contributed by atoms with Crippen LogP contribution in [0.15, 0.2) is 22.8 Å². The molecule has 0 aliphatic heterocycles. The van der Waals surface area contributed by atoms with E-state index in [9.17, 15) is 14.4 Å². The predicted octanol–water partition coefficient (Wildman–Crippen LogP) is 1.16. The average molecular weight is 296 g/mol. The quantitative estimate of drug-likeness (QED) is 0.592. The number of carboxylic acid groups (broad SMARTS) is 1. The van der Waals surface area contributed by atoms with Crippen LogP contribution in [0, 0.1) is 0 Å². The molecule has 1 aromatic heterocycles. The van der Waals surface area contributed by atoms with Crippen molar-refractivity contribution in [2.45, 2.75) is 38.6 Å². The minimum atomic E-state index is -0.812. The highest BCUT2D eigenvalue weighted by Gasteiger charge is 2.17. The van der Waals surface area contributed by atoms with Gasteiger partial charge in [-0.25, -0.2) is 0 Å². The van der Waals surface area contributed by atoms with Crippen molar-refractivity contribution in [2.75, 3.05) is 6.54 Å². The second-order valence-corrected chi connectivity index (χ2v) is 4.67. The van der Waals surface area contributed by atoms with Crippen LogP contribution >= 0.6 is 0 Å². The number of hydrogen-bond donors (Lipinski definition) is 3. The number of rotatable bonds is 9. The first kappa shape index (κ1) is 16.7. The second kappa shape index (κ2) is 8.78. The smallest absolute Gasteiger partial charge is 0.303 e. The standard InChI is InChI=1S/C14H20N2O5/c1-10(16-14(20)11-6-5-9-21-11)13(19)15-8-4-2-3-7-12(17)18/h5-6,9-10H,2-4,7-8H2,1H3,(H,15,19)(H,16,20)(H,17,18). The second-order valence-electron chi connectivity index (χ2n) is 4.67. The zero-order valence-corrected chi connectivity index (χ0v) is 11.9. The molecule has 1 heterocycles. The Hall–Kier alpha value is -2.31. The summed E-state index contributed by atoms with van der Waals surface area (Å²) in [5.41, 5.74) is 0. The Morgan fingerprint density at radius 2 is 2.05 bits per heavy atom. The molecule has 2 amide bonds. The molecule has 0 bridgehead atoms. The summed E-state index contributed by atoms with van der Waals surface area (Å²) in [4.78, 5) is 33.7. The van der Waals surface area contributed by atoms with Crippen molar-refractivity contribution in [3.05, 3.63) is 24.2 Å². The first-order valence-corrected chi connectivity index (χ1v) is 6.84. The van der Waals surface area contributed by atoms with E-state index in [1.165, 1.54) is 12.3 Å². The van der Waals surface area contributed by atoms with Crippen LogP contribution in [0.5, 0.6) is 0 Å². The molecule has 0 saturated carbocycles. The monoisotopic (exact) mass is 296 g/mol. The number of furan rings is 1. The van der Waals surface area contributed by atoms with Crippen molar-refractivity contribution in [1.82, 2.24) is 10.6 Å². The molecular formula is C14H20N2O5. The van der Waals surface area contributed by atoms with Crippen molar-refractivity contribution >= 4 is 17.8 Å². The van der Waals surface area contributed by atoms with Crippen LogP contribution in [0.25, 0.3) is 0 Å². The highest BCUT2D eigenvalue weighted by atomic mass is 16.4. The van der Waals surface area contributed by atoms with Crippen LogP contribution in [0.1, 0.15) is 43.2 Å². The van der Waals surface area contributed by atoms with Gasteiger partial charge in [-0.3, -0.25) is 14.4 Å². The molecule has 1 aromatic rings. The summed E-state index contributed by atoms with van der Waals surface area (Å²) in [7, 11) is 0. The fourth-order valence-corrected chi connectivity index (χ4v) is 1.68. The molecule has 0 radical (unpaired) electrons. The molecule has 116 valence electrons. The number of carboxylic acids is 1. The molecule has 1 unspecified atom stereocenters. The van der Waals surface area contributed by atoms with E-state index in [4.69, 9.17) is 9.52 Å². The third-order valence-corrected chi connectivity index (χ3v) is 2.85. The van der Waals surface area contributed by atoms with E-state index in [2.05, 4.69) is 10.6 Å². The van der Waals surface area contributed by atoms with Crippen LogP contribution in [-0.2, 0) is 9.59 Å². The van der Waals surface area contributed by atoms with Gasteiger partial charge in [0, 0.05) is 13.0 Å². The molecule has 21 heavy (non-hydrogen) atoms. The lowest BCUT2D eigenvalue weighted by Gasteiger charge is -2.13. The molecule has 0 aliphatic carbocycles. The molecule has 0 spiro atoms. The van der Waals surface area contributed by atoms with Crippen molar-refractivity contribution in [3.8, 4) is 0 Å². The first-order chi connectivity index (χ1) is 10.0. The largest absolute Gasteiger partial charge is 0.481 e. The van der Waals surface area contributed by atoms with Gasteiger partial charge in [0.05, 0.1) is 6.26 Å². The number of nitrogens with one attached hydrogen (secondary N) is 2. The number of carbonyl (C=O) groups excluding carboxylic acids is 2. The van der Waals surface area contributed by atoms with Crippen molar-refractivity contribution in [1.29, 1.82) is 0 Å². The predicted molar refractivity (Wildman–Crippen MR) is 74.7 cm³/mol. The SMILES string of the molecule is CC(NC(=O)c1ccco1)C(=O)NCCCCCC(=O)O. The van der Waals surface area contributed by atoms with Gasteiger partial charge in [-0.1, -0.05) is 6.42 Å². The Morgan fingerprint density at radius 1 is 1.29 bits per heavy atom. The molecule has 7 heteroatoms. The molecule has 0 saturated heterocycles. The lowest BCUT2D eigenvalue weighted by Crippen LogP contribution is -2.45. The fourth-order valence-electron chi connectivity index (χ4n) is 1.68. The molecule has 3 N–H and O–H groups in total. The molecule has 1 atom stereocenters. The molecule has 0 aromatic carbocycles. The molecule has 7 nitrogen and oxygen atoms in total. The van der Waals surface area contributed by atoms with Crippen molar-refractivity contribution in [2.24, 2.45) is 0 Å². The van der Waals surface area contributed by atoms with Crippen molar-refractivity contribution < 1.29 is 23.9 Å². The summed E-state index contributed by atoms with van der Waals surface area (Å²) in [6.07, 6.45) is 3.56. The van der Waals surface area contributed by atoms with Crippen LogP contribution in [-0.4, -0.2) is 35.5 Å². The maximum Gasteiger partial charge on any atom is 0.303 e. The maximum atomic E-state index is 11.7. The number of amides is 2. The summed E-state index contributed by atoms with van der Waals surface area (Å²) >= 11 is 0. The Bertz CT molecular complexity index is 470. The molecule has 0 fully saturated rings. The Labute approximate surface area is 122 Å². The lowest BCUT2D eigenvalue weighted by molar-refractivity contribution is -0.137. The third-order valence-electron chi connectivity index (χ3n) is 2.85. The maximum absolute atomic E-state index is 11.7. The van der Waals surface area contributed by atoms with E-state index in [0.717, 1.165) is 6.42 Å². The minimum Gasteiger partial charge on any atom is -0.481 e. The van der Waals surface area contributed by atoms with Gasteiger partial charge in [-0.05, 0) is 31.9 Å². The van der Waals surface area contributed by atoms with Gasteiger partial charge in [0.1, 0.15) is 6.04 Å². The molecule has 1 rings (SSSR count). The summed E-state index contributed by atoms with van der Waals surface area (Å²) in [5.74, 6) is -1.38. The highest BCUT2D eigenvalue weighted by molar-refractivity contribution is 5.95. The Morgan fingerprint density at radius 3 is 2.67 bits per heavy atom. The van der Waals surface area contributed by atoms with Gasteiger partial charge in [0.15, 0.2) is 5.76 Å². The minimum absolute atomic E-state index is 0.142. The number of unbranched alkanes of at least 4 members (excludes halogenated alkanes) is 2. The van der Waals surface area contributed by atoms with Gasteiger partial charge in [0.2, 0.25) is 5.91 Å². The average Bonchev–Trinajstić information content (AvgIpc) is 2.96. The summed E-state index contributed by atoms with van der Waals surface area (Å²) in [6.45, 7) is 2.04. The summed E-state index contributed by atoms with van der Waals surface area (Å²) in [5, 5.41) is 13.7. The van der Waals surface area contributed by atoms with E-state index in [0.29, 0.717) is 19.4 Å². The van der Waals surface area contributed by atoms with E-state index in [1.807, 2.05) is 0 Å². The van der Waals surface area contributed by atoms with Crippen LogP contribution in [0.4, 0.5) is 0 Å². The van der Waals surface area contributed by atoms with Crippen LogP contribution in [0.3, 0.4) is 0 Å². The van der Waals surface area contributed by atoms with Gasteiger partial charge >= 0.3 is 5.97 Å². The zero-order chi connectivity index (χ0) is 15.7.